The van der Waals surface area contributed by atoms with E-state index in [1.165, 1.54) is 4.57 Å². The number of rotatable bonds is 6. The molecule has 5 nitrogen and oxygen atoms in total. The van der Waals surface area contributed by atoms with Gasteiger partial charge >= 0.3 is 0 Å². The molecule has 5 heterocycles. The highest BCUT2D eigenvalue weighted by atomic mass is 15.2. The molecule has 0 unspecified atom stereocenters. The number of fused-ring (bicyclic) bond motifs is 17. The summed E-state index contributed by atoms with van der Waals surface area (Å²) >= 11 is 0. The average molecular weight is 1230 g/mol. The zero-order chi connectivity index (χ0) is 76.3. The Morgan fingerprint density at radius 1 is 0.368 bits per heavy atom. The van der Waals surface area contributed by atoms with E-state index in [0.717, 1.165) is 98.7 Å². The van der Waals surface area contributed by atoms with E-state index >= 15 is 0 Å². The summed E-state index contributed by atoms with van der Waals surface area (Å²) < 4.78 is 149. The van der Waals surface area contributed by atoms with Gasteiger partial charge in [0.05, 0.1) is 71.2 Å². The van der Waals surface area contributed by atoms with Crippen molar-refractivity contribution in [3.8, 4) is 56.5 Å². The standard InChI is InChI=1S/C89H60BN5/c1-89(2,3)61-44-42-57(43-45-61)60-50-75-69-30-13-11-28-67(69)66-27-10-12-29-68(66)70-31-14-21-40-81(70)94-84-53-63(93-80-39-20-17-34-73(80)74-49-56(55-91)41-48-82(74)93)54-85-86(84)90(77(51-60)88(75)94)76-47-46-62(92-78-37-18-15-32-71(78)72-33-16-19-38-79(72)92)52-83(76)95(85)87-64(58-23-6-4-7-24-58)35-22-36-65(87)59-25-8-5-9-26-59/h4-54H,1-3H3/i15D,16D,17D,18D,19D,20D,32D,33D,34D,37D,38D,39D,41D,48D,49D. The maximum absolute atomic E-state index is 10.8. The largest absolute Gasteiger partial charge is 0.310 e. The molecule has 0 amide bonds. The first-order chi connectivity index (χ1) is 53.0. The fourth-order valence-electron chi connectivity index (χ4n) is 15.2. The third kappa shape index (κ3) is 8.22. The minimum Gasteiger partial charge on any atom is -0.310 e. The minimum atomic E-state index is -0.799. The van der Waals surface area contributed by atoms with Crippen molar-refractivity contribution >= 4 is 127 Å². The van der Waals surface area contributed by atoms with Gasteiger partial charge in [0.2, 0.25) is 0 Å². The molecule has 444 valence electrons. The number of nitrogens with zero attached hydrogens (tertiary/aromatic N) is 5. The van der Waals surface area contributed by atoms with E-state index in [0.29, 0.717) is 22.7 Å². The van der Waals surface area contributed by atoms with Crippen molar-refractivity contribution in [1.29, 1.82) is 5.26 Å². The minimum absolute atomic E-state index is 0.0848. The summed E-state index contributed by atoms with van der Waals surface area (Å²) in [5.74, 6) is 0. The smallest absolute Gasteiger partial charge is 0.252 e. The summed E-state index contributed by atoms with van der Waals surface area (Å²) in [5.41, 5.74) is 11.6. The van der Waals surface area contributed by atoms with E-state index in [1.54, 1.807) is 4.57 Å². The van der Waals surface area contributed by atoms with Crippen LogP contribution in [0.3, 0.4) is 0 Å². The molecule has 14 aromatic carbocycles. The van der Waals surface area contributed by atoms with Crippen LogP contribution in [0.1, 0.15) is 52.5 Å². The summed E-state index contributed by atoms with van der Waals surface area (Å²) in [6.45, 7) is 5.76. The van der Waals surface area contributed by atoms with E-state index in [9.17, 15) is 23.1 Å². The topological polar surface area (TPSA) is 41.8 Å². The molecule has 0 N–H and O–H groups in total. The second-order valence-electron chi connectivity index (χ2n) is 25.5. The van der Waals surface area contributed by atoms with Crippen molar-refractivity contribution < 1.29 is 20.6 Å². The van der Waals surface area contributed by atoms with Crippen LogP contribution in [0.4, 0.5) is 17.1 Å². The van der Waals surface area contributed by atoms with Gasteiger partial charge in [0.25, 0.3) is 6.71 Å². The summed E-state index contributed by atoms with van der Waals surface area (Å²) in [5, 5.41) is 15.8. The van der Waals surface area contributed by atoms with Gasteiger partial charge in [-0.15, -0.1) is 0 Å². The maximum atomic E-state index is 10.8. The molecular weight excluding hydrogens is 1150 g/mol. The average Bonchev–Trinajstić information content (AvgIpc) is 1.07. The van der Waals surface area contributed by atoms with Crippen LogP contribution in [-0.4, -0.2) is 20.4 Å². The Morgan fingerprint density at radius 3 is 1.49 bits per heavy atom. The molecule has 0 saturated carbocycles. The molecule has 6 heteroatoms. The molecule has 2 aliphatic heterocycles. The van der Waals surface area contributed by atoms with E-state index in [2.05, 4.69) is 103 Å². The van der Waals surface area contributed by atoms with Crippen molar-refractivity contribution in [2.75, 3.05) is 4.90 Å². The van der Waals surface area contributed by atoms with E-state index < -0.39 is 103 Å². The van der Waals surface area contributed by atoms with Gasteiger partial charge in [-0.1, -0.05) is 257 Å². The van der Waals surface area contributed by atoms with Crippen molar-refractivity contribution in [3.63, 3.8) is 0 Å². The Kier molecular flexibility index (Phi) is 9.11. The number of hydrogen-bond acceptors (Lipinski definition) is 2. The van der Waals surface area contributed by atoms with Crippen molar-refractivity contribution in [2.45, 2.75) is 26.2 Å². The fourth-order valence-corrected chi connectivity index (χ4v) is 15.2. The van der Waals surface area contributed by atoms with Crippen LogP contribution in [0.25, 0.3) is 137 Å². The predicted molar refractivity (Wildman–Crippen MR) is 401 cm³/mol. The normalized spacial score (nSPS) is 14.7. The number of anilines is 3. The molecule has 3 aromatic heterocycles. The summed E-state index contributed by atoms with van der Waals surface area (Å²) in [6, 6.07) is 67.7. The van der Waals surface area contributed by atoms with Crippen molar-refractivity contribution in [3.05, 3.63) is 320 Å². The van der Waals surface area contributed by atoms with Gasteiger partial charge in [-0.3, -0.25) is 0 Å². The van der Waals surface area contributed by atoms with Crippen LogP contribution in [0.5, 0.6) is 0 Å². The summed E-state index contributed by atoms with van der Waals surface area (Å²) in [7, 11) is 0. The molecule has 0 radical (unpaired) electrons. The van der Waals surface area contributed by atoms with E-state index in [4.69, 9.17) is 2.74 Å². The third-order valence-electron chi connectivity index (χ3n) is 19.3. The number of aromatic nitrogens is 3. The third-order valence-corrected chi connectivity index (χ3v) is 19.3. The molecule has 0 aliphatic carbocycles. The van der Waals surface area contributed by atoms with Crippen molar-refractivity contribution in [1.82, 2.24) is 13.7 Å². The van der Waals surface area contributed by atoms with E-state index in [-0.39, 0.29) is 60.4 Å². The number of hydrogen-bond donors (Lipinski definition) is 0. The summed E-state index contributed by atoms with van der Waals surface area (Å²) in [6.07, 6.45) is 0. The fraction of sp³-hybridized carbons (Fsp3) is 0.0449. The highest BCUT2D eigenvalue weighted by Crippen LogP contribution is 2.51. The number of benzene rings is 14. The van der Waals surface area contributed by atoms with Crippen LogP contribution < -0.4 is 21.3 Å². The zero-order valence-corrected chi connectivity index (χ0v) is 51.6. The zero-order valence-electron chi connectivity index (χ0n) is 66.6. The second kappa shape index (κ2) is 20.9. The lowest BCUT2D eigenvalue weighted by Crippen LogP contribution is -2.60. The molecule has 0 saturated heterocycles. The molecule has 19 rings (SSSR count). The SMILES string of the molecule is [2H]c1c([2H])c([2H])c2c(c1[2H])c1c([2H])c([2H])c([2H])c([2H])c1n2-c1ccc2c(c1)N(c1c(-c3ccccc3)cccc1-c1ccccc1)c1cc(-n3c4c([2H])c([2H])c([2H])c([2H])c4c4c([2H])c(C#N)c([2H])c([2H])c43)cc3c1B2c1cc(-c2ccc(C(C)(C)C)cc2)cc2c4ccccc4c4ccccc4c4ccccc4n-3c12. The highest BCUT2D eigenvalue weighted by molar-refractivity contribution is 7.00. The van der Waals surface area contributed by atoms with E-state index in [1.807, 2.05) is 152 Å². The van der Waals surface area contributed by atoms with Gasteiger partial charge in [0.15, 0.2) is 0 Å². The number of nitriles is 1. The second-order valence-corrected chi connectivity index (χ2v) is 25.5. The first-order valence-electron chi connectivity index (χ1n) is 39.2. The van der Waals surface area contributed by atoms with Crippen LogP contribution in [0.2, 0.25) is 0 Å². The van der Waals surface area contributed by atoms with Gasteiger partial charge in [-0.05, 0) is 144 Å². The highest BCUT2D eigenvalue weighted by Gasteiger charge is 2.44. The molecule has 0 atom stereocenters. The Labute approximate surface area is 572 Å². The lowest BCUT2D eigenvalue weighted by atomic mass is 9.33. The summed E-state index contributed by atoms with van der Waals surface area (Å²) in [4.78, 5) is 2.17. The predicted octanol–water partition coefficient (Wildman–Crippen LogP) is 21.2. The molecule has 2 aliphatic rings. The molecule has 0 bridgehead atoms. The van der Waals surface area contributed by atoms with Gasteiger partial charge in [0, 0.05) is 71.7 Å². The van der Waals surface area contributed by atoms with Crippen LogP contribution >= 0.6 is 0 Å². The Morgan fingerprint density at radius 2 is 0.884 bits per heavy atom. The molecular formula is C89H60BN5. The van der Waals surface area contributed by atoms with Gasteiger partial charge in [-0.25, -0.2) is 0 Å². The Hall–Kier alpha value is -12.2. The van der Waals surface area contributed by atoms with Crippen molar-refractivity contribution in [2.24, 2.45) is 0 Å². The first-order valence-corrected chi connectivity index (χ1v) is 31.7. The quantitative estimate of drug-likeness (QED) is 0.156. The van der Waals surface area contributed by atoms with Crippen LogP contribution in [0, 0.1) is 11.3 Å². The number of para-hydroxylation sites is 5. The Bertz CT molecular complexity index is 7020. The maximum Gasteiger partial charge on any atom is 0.252 e. The van der Waals surface area contributed by atoms with Crippen LogP contribution in [0.15, 0.2) is 309 Å². The monoisotopic (exact) mass is 1220 g/mol. The lowest BCUT2D eigenvalue weighted by Gasteiger charge is -2.43. The van der Waals surface area contributed by atoms with Crippen LogP contribution in [-0.2, 0) is 5.41 Å². The molecule has 17 aromatic rings. The lowest BCUT2D eigenvalue weighted by molar-refractivity contribution is 0.590. The van der Waals surface area contributed by atoms with Gasteiger partial charge < -0.3 is 18.6 Å². The van der Waals surface area contributed by atoms with Gasteiger partial charge in [-0.2, -0.15) is 5.26 Å². The first kappa shape index (κ1) is 41.3. The molecule has 95 heavy (non-hydrogen) atoms. The molecule has 0 fully saturated rings. The molecule has 0 spiro atoms. The Balaban J connectivity index is 1.10. The van der Waals surface area contributed by atoms with Gasteiger partial charge in [0.1, 0.15) is 0 Å².